The topological polar surface area (TPSA) is 93.5 Å². The molecule has 1 amide bonds. The van der Waals surface area contributed by atoms with Crippen LogP contribution in [-0.4, -0.2) is 18.9 Å². The molecule has 1 saturated carbocycles. The van der Waals surface area contributed by atoms with E-state index in [0.717, 1.165) is 24.1 Å². The minimum atomic E-state index is -0.404. The number of nitrogens with one attached hydrogen (secondary N) is 1. The lowest BCUT2D eigenvalue weighted by atomic mass is 10.0. The largest absolute Gasteiger partial charge is 0.391 e. The molecule has 0 unspecified atom stereocenters. The monoisotopic (exact) mass is 304 g/mol. The van der Waals surface area contributed by atoms with Crippen molar-refractivity contribution >= 4 is 11.9 Å². The van der Waals surface area contributed by atoms with Crippen molar-refractivity contribution in [3.8, 4) is 0 Å². The van der Waals surface area contributed by atoms with Crippen LogP contribution in [0.25, 0.3) is 0 Å². The molecular formula is C16H21FN4O. The highest BCUT2D eigenvalue weighted by Crippen LogP contribution is 2.37. The predicted octanol–water partition coefficient (Wildman–Crippen LogP) is 1.44. The molecule has 1 aliphatic rings. The smallest absolute Gasteiger partial charge is 0.277 e. The number of carbonyl (C=O) groups is 1. The van der Waals surface area contributed by atoms with E-state index in [4.69, 9.17) is 11.5 Å². The number of carbonyl (C=O) groups excluding carboxylic acids is 1. The van der Waals surface area contributed by atoms with E-state index in [2.05, 4.69) is 10.3 Å². The summed E-state index contributed by atoms with van der Waals surface area (Å²) < 4.78 is 12.9. The van der Waals surface area contributed by atoms with Gasteiger partial charge >= 0.3 is 0 Å². The highest BCUT2D eigenvalue weighted by Gasteiger charge is 2.29. The van der Waals surface area contributed by atoms with E-state index >= 15 is 0 Å². The maximum absolute atomic E-state index is 12.9. The molecule has 1 fully saturated rings. The van der Waals surface area contributed by atoms with E-state index < -0.39 is 5.91 Å². The number of amides is 1. The molecule has 0 atom stereocenters. The van der Waals surface area contributed by atoms with E-state index in [-0.39, 0.29) is 11.8 Å². The van der Waals surface area contributed by atoms with Gasteiger partial charge in [0.1, 0.15) is 5.82 Å². The van der Waals surface area contributed by atoms with E-state index in [1.165, 1.54) is 12.1 Å². The van der Waals surface area contributed by atoms with Crippen LogP contribution in [0.3, 0.4) is 0 Å². The summed E-state index contributed by atoms with van der Waals surface area (Å²) >= 11 is 0. The fourth-order valence-corrected chi connectivity index (χ4v) is 2.44. The number of allylic oxidation sites excluding steroid dienone is 1. The Bertz CT molecular complexity index is 599. The number of nitrogens with zero attached hydrogens (tertiary/aromatic N) is 1. The Kier molecular flexibility index (Phi) is 5.14. The van der Waals surface area contributed by atoms with E-state index in [1.807, 2.05) is 0 Å². The summed E-state index contributed by atoms with van der Waals surface area (Å²) in [7, 11) is 1.80. The van der Waals surface area contributed by atoms with Crippen molar-refractivity contribution < 1.29 is 9.18 Å². The molecule has 6 heteroatoms. The molecular weight excluding hydrogens is 283 g/mol. The van der Waals surface area contributed by atoms with Crippen molar-refractivity contribution in [2.75, 3.05) is 7.05 Å². The van der Waals surface area contributed by atoms with Crippen LogP contribution >= 0.6 is 0 Å². The van der Waals surface area contributed by atoms with Gasteiger partial charge < -0.3 is 16.8 Å². The fourth-order valence-electron chi connectivity index (χ4n) is 2.44. The Morgan fingerprint density at radius 2 is 1.95 bits per heavy atom. The van der Waals surface area contributed by atoms with Gasteiger partial charge in [-0.1, -0.05) is 12.1 Å². The van der Waals surface area contributed by atoms with Crippen molar-refractivity contribution in [2.24, 2.45) is 22.4 Å². The molecule has 2 rings (SSSR count). The second-order valence-electron chi connectivity index (χ2n) is 5.38. The summed E-state index contributed by atoms with van der Waals surface area (Å²) in [6, 6.07) is 6.26. The third-order valence-electron chi connectivity index (χ3n) is 3.65. The zero-order chi connectivity index (χ0) is 16.1. The van der Waals surface area contributed by atoms with Gasteiger partial charge in [0.2, 0.25) is 0 Å². The number of hydrogen-bond donors (Lipinski definition) is 3. The first kappa shape index (κ1) is 16.0. The van der Waals surface area contributed by atoms with Crippen LogP contribution in [0, 0.1) is 11.7 Å². The van der Waals surface area contributed by atoms with E-state index in [0.29, 0.717) is 24.3 Å². The molecule has 0 saturated heterocycles. The number of halogens is 1. The highest BCUT2D eigenvalue weighted by molar-refractivity contribution is 6.01. The zero-order valence-electron chi connectivity index (χ0n) is 12.6. The first-order valence-corrected chi connectivity index (χ1v) is 7.30. The Balaban J connectivity index is 2.19. The van der Waals surface area contributed by atoms with Crippen molar-refractivity contribution in [3.63, 3.8) is 0 Å². The third kappa shape index (κ3) is 4.31. The quantitative estimate of drug-likeness (QED) is 0.421. The lowest BCUT2D eigenvalue weighted by Crippen LogP contribution is -2.25. The standard InChI is InChI=1S/C16H21FN4O/c1-20-14(11-5-6-11)13(15(22)21-16(18)19)9-4-10-2-7-12(17)8-3-10/h2-3,7-8,11,20H,4-6,9H2,1H3,(H4,18,19,21,22). The van der Waals surface area contributed by atoms with E-state index in [9.17, 15) is 9.18 Å². The summed E-state index contributed by atoms with van der Waals surface area (Å²) in [5.74, 6) is -0.537. The van der Waals surface area contributed by atoms with Gasteiger partial charge in [0.05, 0.1) is 0 Å². The molecule has 5 nitrogen and oxygen atoms in total. The third-order valence-corrected chi connectivity index (χ3v) is 3.65. The molecule has 1 aromatic rings. The summed E-state index contributed by atoms with van der Waals surface area (Å²) in [6.07, 6.45) is 3.25. The predicted molar refractivity (Wildman–Crippen MR) is 84.3 cm³/mol. The van der Waals surface area contributed by atoms with Crippen LogP contribution in [-0.2, 0) is 11.2 Å². The molecule has 0 heterocycles. The summed E-state index contributed by atoms with van der Waals surface area (Å²) in [4.78, 5) is 15.9. The van der Waals surface area contributed by atoms with Crippen LogP contribution in [0.15, 0.2) is 40.5 Å². The van der Waals surface area contributed by atoms with Gasteiger partial charge in [0, 0.05) is 18.3 Å². The van der Waals surface area contributed by atoms with Crippen LogP contribution < -0.4 is 16.8 Å². The van der Waals surface area contributed by atoms with Crippen LogP contribution in [0.5, 0.6) is 0 Å². The van der Waals surface area contributed by atoms with E-state index in [1.54, 1.807) is 19.2 Å². The van der Waals surface area contributed by atoms with Gasteiger partial charge in [-0.05, 0) is 49.3 Å². The SMILES string of the molecule is CNC(=C(CCc1ccc(F)cc1)C(=O)N=C(N)N)C1CC1. The molecule has 1 aromatic carbocycles. The molecule has 5 N–H and O–H groups in total. The molecule has 0 radical (unpaired) electrons. The Morgan fingerprint density at radius 1 is 1.32 bits per heavy atom. The number of nitrogens with two attached hydrogens (primary N) is 2. The average molecular weight is 304 g/mol. The van der Waals surface area contributed by atoms with Crippen molar-refractivity contribution in [1.82, 2.24) is 5.32 Å². The number of aryl methyl sites for hydroxylation is 1. The minimum Gasteiger partial charge on any atom is -0.391 e. The maximum atomic E-state index is 12.9. The minimum absolute atomic E-state index is 0.240. The normalized spacial score (nSPS) is 15.0. The zero-order valence-corrected chi connectivity index (χ0v) is 12.6. The molecule has 0 aromatic heterocycles. The van der Waals surface area contributed by atoms with Gasteiger partial charge in [-0.2, -0.15) is 4.99 Å². The molecule has 0 aliphatic heterocycles. The van der Waals surface area contributed by atoms with Crippen molar-refractivity contribution in [1.29, 1.82) is 0 Å². The summed E-state index contributed by atoms with van der Waals surface area (Å²) in [5.41, 5.74) is 13.1. The van der Waals surface area contributed by atoms with Gasteiger partial charge in [-0.25, -0.2) is 4.39 Å². The lowest BCUT2D eigenvalue weighted by molar-refractivity contribution is -0.114. The van der Waals surface area contributed by atoms with Gasteiger partial charge in [-0.15, -0.1) is 0 Å². The highest BCUT2D eigenvalue weighted by atomic mass is 19.1. The van der Waals surface area contributed by atoms with Gasteiger partial charge in [0.25, 0.3) is 5.91 Å². The molecule has 22 heavy (non-hydrogen) atoms. The number of rotatable bonds is 6. The fraction of sp³-hybridized carbons (Fsp3) is 0.375. The first-order valence-electron chi connectivity index (χ1n) is 7.30. The Labute approximate surface area is 129 Å². The first-order chi connectivity index (χ1) is 10.5. The van der Waals surface area contributed by atoms with Crippen LogP contribution in [0.4, 0.5) is 4.39 Å². The Hall–Kier alpha value is -2.37. The second kappa shape index (κ2) is 7.06. The number of benzene rings is 1. The molecule has 118 valence electrons. The lowest BCUT2D eigenvalue weighted by Gasteiger charge is -2.12. The number of guanidine groups is 1. The molecule has 1 aliphatic carbocycles. The van der Waals surface area contributed by atoms with Crippen molar-refractivity contribution in [2.45, 2.75) is 25.7 Å². The van der Waals surface area contributed by atoms with Gasteiger partial charge in [-0.3, -0.25) is 4.79 Å². The summed E-state index contributed by atoms with van der Waals surface area (Å²) in [6.45, 7) is 0. The number of aliphatic imine (C=N–C) groups is 1. The van der Waals surface area contributed by atoms with Crippen molar-refractivity contribution in [3.05, 3.63) is 46.9 Å². The number of hydrogen-bond acceptors (Lipinski definition) is 2. The molecule has 0 bridgehead atoms. The summed E-state index contributed by atoms with van der Waals surface area (Å²) in [5, 5.41) is 3.11. The molecule has 0 spiro atoms. The van der Waals surface area contributed by atoms with Gasteiger partial charge in [0.15, 0.2) is 5.96 Å². The average Bonchev–Trinajstić information content (AvgIpc) is 3.29. The maximum Gasteiger partial charge on any atom is 0.277 e. The second-order valence-corrected chi connectivity index (χ2v) is 5.38. The van der Waals surface area contributed by atoms with Crippen LogP contribution in [0.1, 0.15) is 24.8 Å². The Morgan fingerprint density at radius 3 is 2.45 bits per heavy atom. The van der Waals surface area contributed by atoms with Crippen LogP contribution in [0.2, 0.25) is 0 Å².